The van der Waals surface area contributed by atoms with Gasteiger partial charge in [0.25, 0.3) is 0 Å². The first kappa shape index (κ1) is 13.8. The minimum Gasteiger partial charge on any atom is -0.480 e. The largest absolute Gasteiger partial charge is 0.480 e. The summed E-state index contributed by atoms with van der Waals surface area (Å²) in [7, 11) is 0. The minimum absolute atomic E-state index is 0.429. The third kappa shape index (κ3) is 3.69. The first-order valence-corrected chi connectivity index (χ1v) is 7.30. The monoisotopic (exact) mass is 254 g/mol. The van der Waals surface area contributed by atoms with Gasteiger partial charge in [-0.05, 0) is 45.6 Å². The molecule has 0 saturated heterocycles. The molecular formula is C14H26N2O2. The Labute approximate surface area is 110 Å². The molecule has 0 aromatic rings. The maximum atomic E-state index is 11.5. The molecule has 4 heteroatoms. The molecule has 0 heterocycles. The standard InChI is InChI=1S/C14H26N2O2/c1-3-4-9-16(12-7-8-12)10-14(2,13(17)18)15-11-5-6-11/h11-12,15H,3-10H2,1-2H3,(H,17,18). The van der Waals surface area contributed by atoms with Crippen molar-refractivity contribution in [3.05, 3.63) is 0 Å². The predicted molar refractivity (Wildman–Crippen MR) is 71.7 cm³/mol. The van der Waals surface area contributed by atoms with Gasteiger partial charge in [-0.15, -0.1) is 0 Å². The molecule has 0 radical (unpaired) electrons. The molecule has 2 N–H and O–H groups in total. The van der Waals surface area contributed by atoms with Crippen LogP contribution >= 0.6 is 0 Å². The van der Waals surface area contributed by atoms with Crippen LogP contribution in [0, 0.1) is 0 Å². The van der Waals surface area contributed by atoms with Crippen LogP contribution in [0.25, 0.3) is 0 Å². The summed E-state index contributed by atoms with van der Waals surface area (Å²) in [6, 6.07) is 1.06. The van der Waals surface area contributed by atoms with Gasteiger partial charge in [0.05, 0.1) is 0 Å². The molecule has 0 amide bonds. The molecule has 0 bridgehead atoms. The van der Waals surface area contributed by atoms with Crippen LogP contribution in [0.5, 0.6) is 0 Å². The Morgan fingerprint density at radius 3 is 2.50 bits per heavy atom. The van der Waals surface area contributed by atoms with Crippen LogP contribution in [-0.4, -0.2) is 46.7 Å². The van der Waals surface area contributed by atoms with Crippen LogP contribution in [0.3, 0.4) is 0 Å². The van der Waals surface area contributed by atoms with Gasteiger partial charge in [-0.25, -0.2) is 0 Å². The highest BCUT2D eigenvalue weighted by atomic mass is 16.4. The predicted octanol–water partition coefficient (Wildman–Crippen LogP) is 1.85. The number of carboxylic acids is 1. The van der Waals surface area contributed by atoms with E-state index >= 15 is 0 Å². The molecule has 2 aliphatic rings. The molecule has 4 nitrogen and oxygen atoms in total. The Morgan fingerprint density at radius 2 is 2.06 bits per heavy atom. The highest BCUT2D eigenvalue weighted by Gasteiger charge is 2.42. The van der Waals surface area contributed by atoms with E-state index in [1.54, 1.807) is 0 Å². The Kier molecular flexibility index (Phi) is 4.28. The van der Waals surface area contributed by atoms with Gasteiger partial charge >= 0.3 is 5.97 Å². The normalized spacial score (nSPS) is 23.1. The Morgan fingerprint density at radius 1 is 1.39 bits per heavy atom. The maximum Gasteiger partial charge on any atom is 0.324 e. The number of hydrogen-bond donors (Lipinski definition) is 2. The Hall–Kier alpha value is -0.610. The fourth-order valence-electron chi connectivity index (χ4n) is 2.45. The van der Waals surface area contributed by atoms with Gasteiger partial charge in [0.15, 0.2) is 0 Å². The third-order valence-electron chi connectivity index (χ3n) is 3.95. The molecule has 0 aromatic heterocycles. The van der Waals surface area contributed by atoms with E-state index in [2.05, 4.69) is 17.1 Å². The topological polar surface area (TPSA) is 52.6 Å². The molecule has 0 spiro atoms. The molecule has 1 unspecified atom stereocenters. The molecule has 18 heavy (non-hydrogen) atoms. The molecule has 0 aliphatic heterocycles. The Balaban J connectivity index is 1.93. The molecular weight excluding hydrogens is 228 g/mol. The van der Waals surface area contributed by atoms with E-state index in [1.807, 2.05) is 6.92 Å². The number of carboxylic acid groups (broad SMARTS) is 1. The lowest BCUT2D eigenvalue weighted by molar-refractivity contribution is -0.145. The summed E-state index contributed by atoms with van der Waals surface area (Å²) in [5.74, 6) is -0.712. The third-order valence-corrected chi connectivity index (χ3v) is 3.95. The highest BCUT2D eigenvalue weighted by molar-refractivity contribution is 5.78. The van der Waals surface area contributed by atoms with E-state index < -0.39 is 11.5 Å². The first-order valence-electron chi connectivity index (χ1n) is 7.30. The van der Waals surface area contributed by atoms with Crippen LogP contribution in [0.15, 0.2) is 0 Å². The van der Waals surface area contributed by atoms with Gasteiger partial charge < -0.3 is 5.11 Å². The number of carbonyl (C=O) groups is 1. The van der Waals surface area contributed by atoms with Gasteiger partial charge in [-0.1, -0.05) is 13.3 Å². The molecule has 104 valence electrons. The van der Waals surface area contributed by atoms with E-state index in [0.717, 1.165) is 25.8 Å². The zero-order valence-corrected chi connectivity index (χ0v) is 11.6. The summed E-state index contributed by atoms with van der Waals surface area (Å²) in [6.07, 6.45) is 7.06. The van der Waals surface area contributed by atoms with Crippen molar-refractivity contribution in [1.29, 1.82) is 0 Å². The van der Waals surface area contributed by atoms with Gasteiger partial charge in [-0.2, -0.15) is 0 Å². The summed E-state index contributed by atoms with van der Waals surface area (Å²) >= 11 is 0. The van der Waals surface area contributed by atoms with Gasteiger partial charge in [0.1, 0.15) is 5.54 Å². The number of hydrogen-bond acceptors (Lipinski definition) is 3. The molecule has 2 rings (SSSR count). The number of nitrogens with one attached hydrogen (secondary N) is 1. The lowest BCUT2D eigenvalue weighted by atomic mass is 10.0. The molecule has 2 aliphatic carbocycles. The van der Waals surface area contributed by atoms with Crippen LogP contribution in [0.1, 0.15) is 52.4 Å². The average Bonchev–Trinajstić information content (AvgIpc) is 3.15. The van der Waals surface area contributed by atoms with E-state index in [9.17, 15) is 9.90 Å². The second-order valence-electron chi connectivity index (χ2n) is 6.11. The summed E-state index contributed by atoms with van der Waals surface area (Å²) in [5.41, 5.74) is -0.780. The summed E-state index contributed by atoms with van der Waals surface area (Å²) in [4.78, 5) is 13.9. The SMILES string of the molecule is CCCCN(CC(C)(NC1CC1)C(=O)O)C1CC1. The van der Waals surface area contributed by atoms with Crippen molar-refractivity contribution in [2.24, 2.45) is 0 Å². The first-order chi connectivity index (χ1) is 8.55. The van der Waals surface area contributed by atoms with Crippen molar-refractivity contribution in [2.45, 2.75) is 70.0 Å². The lowest BCUT2D eigenvalue weighted by Gasteiger charge is -2.33. The van der Waals surface area contributed by atoms with Crippen molar-refractivity contribution in [2.75, 3.05) is 13.1 Å². The van der Waals surface area contributed by atoms with Crippen molar-refractivity contribution >= 4 is 5.97 Å². The Bertz CT molecular complexity index is 300. The molecule has 2 fully saturated rings. The van der Waals surface area contributed by atoms with Crippen LogP contribution in [-0.2, 0) is 4.79 Å². The van der Waals surface area contributed by atoms with Crippen LogP contribution in [0.2, 0.25) is 0 Å². The van der Waals surface area contributed by atoms with Crippen molar-refractivity contribution in [3.8, 4) is 0 Å². The lowest BCUT2D eigenvalue weighted by Crippen LogP contribution is -2.58. The summed E-state index contributed by atoms with van der Waals surface area (Å²) in [6.45, 7) is 5.71. The van der Waals surface area contributed by atoms with Crippen molar-refractivity contribution < 1.29 is 9.90 Å². The van der Waals surface area contributed by atoms with Gasteiger partial charge in [0.2, 0.25) is 0 Å². The maximum absolute atomic E-state index is 11.5. The molecule has 2 saturated carbocycles. The minimum atomic E-state index is -0.780. The van der Waals surface area contributed by atoms with E-state index in [0.29, 0.717) is 18.6 Å². The van der Waals surface area contributed by atoms with E-state index in [-0.39, 0.29) is 0 Å². The van der Waals surface area contributed by atoms with Crippen LogP contribution in [0.4, 0.5) is 0 Å². The smallest absolute Gasteiger partial charge is 0.324 e. The number of aliphatic carboxylic acids is 1. The number of unbranched alkanes of at least 4 members (excludes halogenated alkanes) is 1. The molecule has 0 aromatic carbocycles. The van der Waals surface area contributed by atoms with Gasteiger partial charge in [0, 0.05) is 18.6 Å². The van der Waals surface area contributed by atoms with Crippen molar-refractivity contribution in [3.63, 3.8) is 0 Å². The van der Waals surface area contributed by atoms with Gasteiger partial charge in [-0.3, -0.25) is 15.0 Å². The average molecular weight is 254 g/mol. The second kappa shape index (κ2) is 5.57. The highest BCUT2D eigenvalue weighted by Crippen LogP contribution is 2.30. The zero-order valence-electron chi connectivity index (χ0n) is 11.6. The summed E-state index contributed by atoms with van der Waals surface area (Å²) < 4.78 is 0. The van der Waals surface area contributed by atoms with E-state index in [1.165, 1.54) is 19.3 Å². The number of nitrogens with zero attached hydrogens (tertiary/aromatic N) is 1. The quantitative estimate of drug-likeness (QED) is 0.659. The van der Waals surface area contributed by atoms with Crippen molar-refractivity contribution in [1.82, 2.24) is 10.2 Å². The summed E-state index contributed by atoms with van der Waals surface area (Å²) in [5, 5.41) is 12.8. The zero-order chi connectivity index (χ0) is 13.2. The second-order valence-corrected chi connectivity index (χ2v) is 6.11. The van der Waals surface area contributed by atoms with Crippen LogP contribution < -0.4 is 5.32 Å². The fraction of sp³-hybridized carbons (Fsp3) is 0.929. The number of rotatable bonds is 9. The molecule has 1 atom stereocenters. The van der Waals surface area contributed by atoms with E-state index in [4.69, 9.17) is 0 Å². The fourth-order valence-corrected chi connectivity index (χ4v) is 2.45.